The lowest BCUT2D eigenvalue weighted by Gasteiger charge is -2.10. The molecule has 1 aromatic carbocycles. The standard InChI is InChI=1S/C12H11FN2O2/c1-8(12(16)17)11-5-6-14-15(11)10-4-2-3-9(13)7-10/h2-8H,1H3,(H,16,17). The number of nitrogens with zero attached hydrogens (tertiary/aromatic N) is 2. The van der Waals surface area contributed by atoms with Gasteiger partial charge >= 0.3 is 5.97 Å². The molecule has 0 fully saturated rings. The van der Waals surface area contributed by atoms with E-state index in [-0.39, 0.29) is 5.82 Å². The van der Waals surface area contributed by atoms with Crippen molar-refractivity contribution in [1.82, 2.24) is 9.78 Å². The highest BCUT2D eigenvalue weighted by molar-refractivity contribution is 5.75. The number of hydrogen-bond donors (Lipinski definition) is 1. The van der Waals surface area contributed by atoms with Gasteiger partial charge in [0, 0.05) is 6.20 Å². The molecule has 0 spiro atoms. The van der Waals surface area contributed by atoms with Gasteiger partial charge in [-0.15, -0.1) is 0 Å². The average Bonchev–Trinajstić information content (AvgIpc) is 2.76. The first-order chi connectivity index (χ1) is 8.09. The lowest BCUT2D eigenvalue weighted by Crippen LogP contribution is -2.13. The van der Waals surface area contributed by atoms with Gasteiger partial charge in [0.2, 0.25) is 0 Å². The molecule has 4 nitrogen and oxygen atoms in total. The molecule has 1 unspecified atom stereocenters. The summed E-state index contributed by atoms with van der Waals surface area (Å²) in [5.74, 6) is -2.02. The van der Waals surface area contributed by atoms with Crippen LogP contribution in [0.25, 0.3) is 5.69 Å². The molecular weight excluding hydrogens is 223 g/mol. The fourth-order valence-corrected chi connectivity index (χ4v) is 1.59. The van der Waals surface area contributed by atoms with Crippen molar-refractivity contribution in [3.63, 3.8) is 0 Å². The minimum atomic E-state index is -0.942. The second-order valence-corrected chi connectivity index (χ2v) is 3.71. The Morgan fingerprint density at radius 2 is 2.24 bits per heavy atom. The molecule has 0 aliphatic carbocycles. The molecule has 1 atom stereocenters. The molecule has 88 valence electrons. The van der Waals surface area contributed by atoms with E-state index in [0.29, 0.717) is 11.4 Å². The third kappa shape index (κ3) is 2.18. The van der Waals surface area contributed by atoms with Crippen LogP contribution in [-0.2, 0) is 4.79 Å². The van der Waals surface area contributed by atoms with E-state index in [4.69, 9.17) is 5.11 Å². The summed E-state index contributed by atoms with van der Waals surface area (Å²) in [6.45, 7) is 1.56. The molecule has 0 saturated heterocycles. The number of carboxylic acids is 1. The molecule has 1 heterocycles. The highest BCUT2D eigenvalue weighted by atomic mass is 19.1. The topological polar surface area (TPSA) is 55.1 Å². The molecule has 17 heavy (non-hydrogen) atoms. The van der Waals surface area contributed by atoms with Crippen LogP contribution in [0, 0.1) is 5.82 Å². The molecule has 5 heteroatoms. The van der Waals surface area contributed by atoms with E-state index in [2.05, 4.69) is 5.10 Å². The Morgan fingerprint density at radius 3 is 2.88 bits per heavy atom. The molecule has 0 saturated carbocycles. The first-order valence-electron chi connectivity index (χ1n) is 5.12. The maximum atomic E-state index is 13.1. The summed E-state index contributed by atoms with van der Waals surface area (Å²) in [5, 5.41) is 13.0. The lowest BCUT2D eigenvalue weighted by molar-refractivity contribution is -0.138. The number of aliphatic carboxylic acids is 1. The summed E-state index contributed by atoms with van der Waals surface area (Å²) in [6.07, 6.45) is 1.50. The van der Waals surface area contributed by atoms with Gasteiger partial charge in [0.05, 0.1) is 17.3 Å². The largest absolute Gasteiger partial charge is 0.481 e. The highest BCUT2D eigenvalue weighted by Crippen LogP contribution is 2.19. The number of carboxylic acid groups (broad SMARTS) is 1. The van der Waals surface area contributed by atoms with Crippen molar-refractivity contribution in [2.75, 3.05) is 0 Å². The first kappa shape index (κ1) is 11.3. The minimum absolute atomic E-state index is 0.382. The molecular formula is C12H11FN2O2. The van der Waals surface area contributed by atoms with E-state index in [0.717, 1.165) is 0 Å². The van der Waals surface area contributed by atoms with Crippen molar-refractivity contribution in [3.05, 3.63) is 48.0 Å². The molecule has 0 amide bonds. The summed E-state index contributed by atoms with van der Waals surface area (Å²) in [6, 6.07) is 7.48. The van der Waals surface area contributed by atoms with E-state index in [1.54, 1.807) is 25.1 Å². The highest BCUT2D eigenvalue weighted by Gasteiger charge is 2.18. The van der Waals surface area contributed by atoms with Crippen LogP contribution in [-0.4, -0.2) is 20.9 Å². The Hall–Kier alpha value is -2.17. The van der Waals surface area contributed by atoms with Crippen molar-refractivity contribution >= 4 is 5.97 Å². The van der Waals surface area contributed by atoms with E-state index in [9.17, 15) is 9.18 Å². The van der Waals surface area contributed by atoms with Crippen molar-refractivity contribution in [1.29, 1.82) is 0 Å². The number of aromatic nitrogens is 2. The van der Waals surface area contributed by atoms with Gasteiger partial charge in [0.1, 0.15) is 5.82 Å². The van der Waals surface area contributed by atoms with Gasteiger partial charge in [-0.1, -0.05) is 6.07 Å². The van der Waals surface area contributed by atoms with Crippen LogP contribution in [0.2, 0.25) is 0 Å². The van der Waals surface area contributed by atoms with E-state index < -0.39 is 11.9 Å². The van der Waals surface area contributed by atoms with Crippen LogP contribution < -0.4 is 0 Å². The monoisotopic (exact) mass is 234 g/mol. The fraction of sp³-hybridized carbons (Fsp3) is 0.167. The Balaban J connectivity index is 2.47. The van der Waals surface area contributed by atoms with Gasteiger partial charge < -0.3 is 5.11 Å². The number of benzene rings is 1. The van der Waals surface area contributed by atoms with Crippen LogP contribution in [0.4, 0.5) is 4.39 Å². The van der Waals surface area contributed by atoms with Crippen molar-refractivity contribution in [3.8, 4) is 5.69 Å². The maximum Gasteiger partial charge on any atom is 0.312 e. The SMILES string of the molecule is CC(C(=O)O)c1ccnn1-c1cccc(F)c1. The predicted octanol–water partition coefficient (Wildman–Crippen LogP) is 2.20. The Morgan fingerprint density at radius 1 is 1.47 bits per heavy atom. The van der Waals surface area contributed by atoms with Gasteiger partial charge in [-0.25, -0.2) is 9.07 Å². The van der Waals surface area contributed by atoms with Crippen LogP contribution in [0.5, 0.6) is 0 Å². The Kier molecular flexibility index (Phi) is 2.91. The molecule has 1 aromatic heterocycles. The summed E-state index contributed by atoms with van der Waals surface area (Å²) in [7, 11) is 0. The number of hydrogen-bond acceptors (Lipinski definition) is 2. The third-order valence-electron chi connectivity index (χ3n) is 2.54. The molecule has 0 radical (unpaired) electrons. The summed E-state index contributed by atoms with van der Waals surface area (Å²) in [4.78, 5) is 10.9. The van der Waals surface area contributed by atoms with Gasteiger partial charge in [0.15, 0.2) is 0 Å². The number of halogens is 1. The zero-order chi connectivity index (χ0) is 12.4. The van der Waals surface area contributed by atoms with Gasteiger partial charge in [-0.3, -0.25) is 4.79 Å². The zero-order valence-electron chi connectivity index (χ0n) is 9.17. The molecule has 0 bridgehead atoms. The minimum Gasteiger partial charge on any atom is -0.481 e. The Labute approximate surface area is 97.3 Å². The van der Waals surface area contributed by atoms with E-state index in [1.165, 1.54) is 23.0 Å². The average molecular weight is 234 g/mol. The lowest BCUT2D eigenvalue weighted by atomic mass is 10.1. The van der Waals surface area contributed by atoms with Gasteiger partial charge in [-0.05, 0) is 31.2 Å². The zero-order valence-corrected chi connectivity index (χ0v) is 9.17. The molecule has 2 aromatic rings. The quantitative estimate of drug-likeness (QED) is 0.885. The van der Waals surface area contributed by atoms with Gasteiger partial charge in [-0.2, -0.15) is 5.10 Å². The van der Waals surface area contributed by atoms with Crippen molar-refractivity contribution < 1.29 is 14.3 Å². The number of rotatable bonds is 3. The number of carbonyl (C=O) groups is 1. The molecule has 0 aliphatic heterocycles. The van der Waals surface area contributed by atoms with E-state index in [1.807, 2.05) is 0 Å². The van der Waals surface area contributed by atoms with Crippen LogP contribution in [0.1, 0.15) is 18.5 Å². The van der Waals surface area contributed by atoms with Crippen molar-refractivity contribution in [2.45, 2.75) is 12.8 Å². The summed E-state index contributed by atoms with van der Waals surface area (Å²) < 4.78 is 14.5. The Bertz CT molecular complexity index is 551. The first-order valence-corrected chi connectivity index (χ1v) is 5.12. The van der Waals surface area contributed by atoms with Crippen LogP contribution in [0.15, 0.2) is 36.5 Å². The second-order valence-electron chi connectivity index (χ2n) is 3.71. The third-order valence-corrected chi connectivity index (χ3v) is 2.54. The maximum absolute atomic E-state index is 13.1. The van der Waals surface area contributed by atoms with Gasteiger partial charge in [0.25, 0.3) is 0 Å². The van der Waals surface area contributed by atoms with Crippen molar-refractivity contribution in [2.24, 2.45) is 0 Å². The predicted molar refractivity (Wildman–Crippen MR) is 59.6 cm³/mol. The van der Waals surface area contributed by atoms with Crippen LogP contribution in [0.3, 0.4) is 0 Å². The summed E-state index contributed by atoms with van der Waals surface area (Å²) in [5.41, 5.74) is 1.03. The summed E-state index contributed by atoms with van der Waals surface area (Å²) >= 11 is 0. The smallest absolute Gasteiger partial charge is 0.312 e. The van der Waals surface area contributed by atoms with E-state index >= 15 is 0 Å². The van der Waals surface area contributed by atoms with Crippen LogP contribution >= 0.6 is 0 Å². The molecule has 2 rings (SSSR count). The second kappa shape index (κ2) is 4.37. The normalized spacial score (nSPS) is 12.4. The fourth-order valence-electron chi connectivity index (χ4n) is 1.59. The molecule has 1 N–H and O–H groups in total. The molecule has 0 aliphatic rings.